The van der Waals surface area contributed by atoms with E-state index in [2.05, 4.69) is 5.32 Å². The third-order valence-electron chi connectivity index (χ3n) is 1.88. The molecule has 0 amide bonds. The molecule has 88 valence electrons. The number of benzene rings is 1. The van der Waals surface area contributed by atoms with Crippen LogP contribution in [-0.4, -0.2) is 34.8 Å². The van der Waals surface area contributed by atoms with Crippen LogP contribution in [0.25, 0.3) is 0 Å². The van der Waals surface area contributed by atoms with E-state index in [-0.39, 0.29) is 40.3 Å². The second-order valence-electron chi connectivity index (χ2n) is 3.19. The first-order valence-corrected chi connectivity index (χ1v) is 7.92. The van der Waals surface area contributed by atoms with E-state index in [9.17, 15) is 8.85 Å². The molecule has 0 fully saturated rings. The molecule has 0 unspecified atom stereocenters. The number of rotatable bonds is 5. The van der Waals surface area contributed by atoms with Crippen LogP contribution in [0.5, 0.6) is 0 Å². The summed E-state index contributed by atoms with van der Waals surface area (Å²) in [6.07, 6.45) is 0.101. The van der Waals surface area contributed by atoms with Crippen molar-refractivity contribution in [2.75, 3.05) is 11.9 Å². The van der Waals surface area contributed by atoms with E-state index in [0.29, 0.717) is 12.2 Å². The van der Waals surface area contributed by atoms with Gasteiger partial charge in [0.2, 0.25) is 0 Å². The maximum atomic E-state index is 10.9. The fraction of sp³-hybridized carbons (Fsp3) is 0.222. The minimum atomic E-state index is -4.79. The van der Waals surface area contributed by atoms with Crippen molar-refractivity contribution in [2.24, 2.45) is 0 Å². The molecule has 1 rings (SSSR count). The summed E-state index contributed by atoms with van der Waals surface area (Å²) < 4.78 is 28.7. The van der Waals surface area contributed by atoms with E-state index in [0.717, 1.165) is 0 Å². The maximum Gasteiger partial charge on any atom is 1.00 e. The van der Waals surface area contributed by atoms with Crippen LogP contribution < -0.4 is 44.3 Å². The largest absolute Gasteiger partial charge is 1.00 e. The Labute approximate surface area is 124 Å². The van der Waals surface area contributed by atoms with Crippen molar-refractivity contribution in [1.82, 2.24) is 0 Å². The van der Waals surface area contributed by atoms with Gasteiger partial charge in [-0.25, -0.2) is 0 Å². The Morgan fingerprint density at radius 1 is 1.35 bits per heavy atom. The summed E-state index contributed by atoms with van der Waals surface area (Å²) in [5.74, 6) is -0.650. The molecule has 0 atom stereocenters. The fourth-order valence-corrected chi connectivity index (χ4v) is 2.22. The number of hydrogen-bond acceptors (Lipinski definition) is 4. The Bertz CT molecular complexity index is 418. The normalized spacial score (nSPS) is 10.5. The van der Waals surface area contributed by atoms with Crippen molar-refractivity contribution >= 4 is 30.1 Å². The van der Waals surface area contributed by atoms with Crippen molar-refractivity contribution in [1.29, 1.82) is 5.41 Å². The molecule has 1 aromatic carbocycles. The molecule has 17 heavy (non-hydrogen) atoms. The SMILES string of the molecule is N=C([O-])CCNc1ccc([As](=O)(O)O)cc1.[Na+]. The Kier molecular flexibility index (Phi) is 7.16. The van der Waals surface area contributed by atoms with Crippen LogP contribution in [0.1, 0.15) is 6.42 Å². The van der Waals surface area contributed by atoms with Gasteiger partial charge >= 0.3 is 125 Å². The van der Waals surface area contributed by atoms with Crippen molar-refractivity contribution in [2.45, 2.75) is 6.42 Å². The molecule has 0 aliphatic carbocycles. The molecule has 4 N–H and O–H groups in total. The van der Waals surface area contributed by atoms with Crippen LogP contribution in [0.3, 0.4) is 0 Å². The zero-order chi connectivity index (χ0) is 12.2. The molecule has 0 aliphatic heterocycles. The van der Waals surface area contributed by atoms with Crippen LogP contribution in [-0.2, 0) is 3.74 Å². The molecule has 0 radical (unpaired) electrons. The van der Waals surface area contributed by atoms with Crippen molar-refractivity contribution in [3.8, 4) is 0 Å². The monoisotopic (exact) mass is 310 g/mol. The number of nitrogens with one attached hydrogen (secondary N) is 2. The first-order valence-electron chi connectivity index (χ1n) is 4.54. The van der Waals surface area contributed by atoms with Gasteiger partial charge in [-0.05, 0) is 0 Å². The summed E-state index contributed by atoms with van der Waals surface area (Å²) in [7, 11) is 0. The zero-order valence-corrected chi connectivity index (χ0v) is 13.3. The second kappa shape index (κ2) is 7.26. The van der Waals surface area contributed by atoms with E-state index in [1.54, 1.807) is 0 Å². The predicted octanol–water partition coefficient (Wildman–Crippen LogP) is -4.61. The van der Waals surface area contributed by atoms with E-state index >= 15 is 0 Å². The number of anilines is 1. The average molecular weight is 310 g/mol. The van der Waals surface area contributed by atoms with Crippen molar-refractivity contribution in [3.05, 3.63) is 24.3 Å². The third kappa shape index (κ3) is 6.31. The Morgan fingerprint density at radius 3 is 2.29 bits per heavy atom. The smallest absolute Gasteiger partial charge is 1.00 e. The average Bonchev–Trinajstić information content (AvgIpc) is 2.16. The summed E-state index contributed by atoms with van der Waals surface area (Å²) in [6.45, 7) is 0.336. The standard InChI is InChI=1S/C9H13AsN2O4.Na/c11-9(13)5-6-12-8-3-1-7(2-4-8)10(14,15)16;/h1-4,12H,5-6H2,(H2,11,13)(H2,14,15,16);/q;+1/p-1. The Hall–Kier alpha value is -0.232. The molecule has 0 aliphatic rings. The van der Waals surface area contributed by atoms with Crippen LogP contribution >= 0.6 is 0 Å². The van der Waals surface area contributed by atoms with Crippen LogP contribution in [0.15, 0.2) is 24.3 Å². The summed E-state index contributed by atoms with van der Waals surface area (Å²) >= 11 is -4.79. The van der Waals surface area contributed by atoms with E-state index < -0.39 is 20.1 Å². The van der Waals surface area contributed by atoms with Gasteiger partial charge in [-0.3, -0.25) is 0 Å². The molecule has 0 bridgehead atoms. The van der Waals surface area contributed by atoms with Gasteiger partial charge in [-0.1, -0.05) is 0 Å². The molecule has 0 saturated heterocycles. The summed E-state index contributed by atoms with van der Waals surface area (Å²) in [4.78, 5) is 0. The summed E-state index contributed by atoms with van der Waals surface area (Å²) in [5, 5.41) is 19.9. The molecule has 0 heterocycles. The van der Waals surface area contributed by atoms with Crippen LogP contribution in [0, 0.1) is 5.41 Å². The maximum absolute atomic E-state index is 10.9. The van der Waals surface area contributed by atoms with Gasteiger partial charge in [0, 0.05) is 0 Å². The number of hydrogen-bond donors (Lipinski definition) is 4. The quantitative estimate of drug-likeness (QED) is 0.248. The first-order chi connectivity index (χ1) is 7.39. The minimum absolute atomic E-state index is 0. The van der Waals surface area contributed by atoms with E-state index in [1.165, 1.54) is 24.3 Å². The Morgan fingerprint density at radius 2 is 1.88 bits per heavy atom. The van der Waals surface area contributed by atoms with Gasteiger partial charge in [0.05, 0.1) is 0 Å². The van der Waals surface area contributed by atoms with Gasteiger partial charge in [0.25, 0.3) is 0 Å². The van der Waals surface area contributed by atoms with Gasteiger partial charge in [0.15, 0.2) is 0 Å². The molecule has 6 nitrogen and oxygen atoms in total. The molecule has 1 aromatic rings. The fourth-order valence-electron chi connectivity index (χ4n) is 1.09. The van der Waals surface area contributed by atoms with Crippen LogP contribution in [0.2, 0.25) is 0 Å². The van der Waals surface area contributed by atoms with Crippen molar-refractivity contribution < 1.29 is 46.6 Å². The predicted molar refractivity (Wildman–Crippen MR) is 57.8 cm³/mol. The van der Waals surface area contributed by atoms with Gasteiger partial charge in [-0.15, -0.1) is 0 Å². The molecular formula is C9H12AsN2NaO4. The van der Waals surface area contributed by atoms with Gasteiger partial charge in [0.1, 0.15) is 0 Å². The Balaban J connectivity index is 0.00000256. The van der Waals surface area contributed by atoms with E-state index in [4.69, 9.17) is 13.6 Å². The minimum Gasteiger partial charge on any atom is 1.00 e. The zero-order valence-electron chi connectivity index (χ0n) is 9.38. The second-order valence-corrected chi connectivity index (χ2v) is 6.56. The first kappa shape index (κ1) is 16.8. The van der Waals surface area contributed by atoms with Gasteiger partial charge in [-0.2, -0.15) is 0 Å². The van der Waals surface area contributed by atoms with Crippen molar-refractivity contribution in [3.63, 3.8) is 0 Å². The summed E-state index contributed by atoms with van der Waals surface area (Å²) in [6, 6.07) is 5.77. The molecule has 0 saturated carbocycles. The third-order valence-corrected chi connectivity index (χ3v) is 3.92. The molecule has 0 aromatic heterocycles. The van der Waals surface area contributed by atoms with E-state index in [1.807, 2.05) is 0 Å². The van der Waals surface area contributed by atoms with Crippen LogP contribution in [0.4, 0.5) is 5.69 Å². The molecular weight excluding hydrogens is 298 g/mol. The van der Waals surface area contributed by atoms with Gasteiger partial charge < -0.3 is 0 Å². The summed E-state index contributed by atoms with van der Waals surface area (Å²) in [5.41, 5.74) is 0.661. The molecule has 0 spiro atoms. The molecule has 8 heteroatoms. The topological polar surface area (TPSA) is 116 Å².